The number of halogens is 1. The van der Waals surface area contributed by atoms with Gasteiger partial charge in [0.2, 0.25) is 0 Å². The van der Waals surface area contributed by atoms with Gasteiger partial charge in [0.15, 0.2) is 12.0 Å². The highest BCUT2D eigenvalue weighted by atomic mass is 79.9. The molecular formula is C12H7BrN2O2. The number of para-hydroxylation sites is 1. The van der Waals surface area contributed by atoms with Gasteiger partial charge in [0, 0.05) is 10.9 Å². The maximum absolute atomic E-state index is 10.6. The van der Waals surface area contributed by atoms with Crippen molar-refractivity contribution in [2.45, 2.75) is 0 Å². The van der Waals surface area contributed by atoms with E-state index in [0.717, 1.165) is 21.1 Å². The fraction of sp³-hybridized carbons (Fsp3) is 0. The van der Waals surface area contributed by atoms with Gasteiger partial charge in [0.1, 0.15) is 15.9 Å². The topological polar surface area (TPSA) is 58.9 Å². The Morgan fingerprint density at radius 3 is 2.94 bits per heavy atom. The first-order chi connectivity index (χ1) is 8.29. The van der Waals surface area contributed by atoms with E-state index in [1.54, 1.807) is 12.1 Å². The minimum Gasteiger partial charge on any atom is -0.453 e. The van der Waals surface area contributed by atoms with Crippen molar-refractivity contribution in [2.24, 2.45) is 0 Å². The molecule has 0 atom stereocenters. The molecule has 0 saturated carbocycles. The van der Waals surface area contributed by atoms with Crippen LogP contribution in [0.1, 0.15) is 10.6 Å². The van der Waals surface area contributed by atoms with Gasteiger partial charge in [-0.1, -0.05) is 6.07 Å². The number of hydrogen-bond acceptors (Lipinski definition) is 3. The summed E-state index contributed by atoms with van der Waals surface area (Å²) in [4.78, 5) is 10.6. The number of aromatic amines is 1. The molecular weight excluding hydrogens is 284 g/mol. The van der Waals surface area contributed by atoms with Crippen molar-refractivity contribution >= 4 is 33.1 Å². The third kappa shape index (κ3) is 1.59. The molecule has 0 spiro atoms. The first-order valence-corrected chi connectivity index (χ1v) is 5.77. The Kier molecular flexibility index (Phi) is 2.33. The van der Waals surface area contributed by atoms with E-state index in [-0.39, 0.29) is 0 Å². The molecule has 1 N–H and O–H groups in total. The minimum atomic E-state index is 0.312. The highest BCUT2D eigenvalue weighted by Crippen LogP contribution is 2.31. The Labute approximate surface area is 105 Å². The molecule has 4 nitrogen and oxygen atoms in total. The summed E-state index contributed by atoms with van der Waals surface area (Å²) in [7, 11) is 0. The number of nitrogens with zero attached hydrogens (tertiary/aromatic N) is 1. The molecule has 3 aromatic rings. The van der Waals surface area contributed by atoms with Gasteiger partial charge in [-0.3, -0.25) is 9.89 Å². The Bertz CT molecular complexity index is 699. The van der Waals surface area contributed by atoms with Gasteiger partial charge in [-0.2, -0.15) is 5.10 Å². The van der Waals surface area contributed by atoms with Crippen LogP contribution in [0.4, 0.5) is 0 Å². The van der Waals surface area contributed by atoms with E-state index in [0.29, 0.717) is 17.8 Å². The lowest BCUT2D eigenvalue weighted by atomic mass is 10.1. The van der Waals surface area contributed by atoms with Crippen molar-refractivity contribution in [1.29, 1.82) is 0 Å². The monoisotopic (exact) mass is 290 g/mol. The number of rotatable bonds is 2. The number of H-pyrrole nitrogens is 1. The second-order valence-electron chi connectivity index (χ2n) is 3.56. The van der Waals surface area contributed by atoms with Crippen LogP contribution >= 0.6 is 15.9 Å². The molecule has 0 aliphatic heterocycles. The number of benzene rings is 1. The van der Waals surface area contributed by atoms with Crippen molar-refractivity contribution < 1.29 is 9.21 Å². The molecule has 5 heteroatoms. The van der Waals surface area contributed by atoms with Gasteiger partial charge in [-0.25, -0.2) is 0 Å². The molecule has 0 unspecified atom stereocenters. The molecule has 0 saturated heterocycles. The minimum absolute atomic E-state index is 0.312. The number of aldehydes is 1. The summed E-state index contributed by atoms with van der Waals surface area (Å²) >= 11 is 3.39. The number of carbonyl (C=O) groups excluding carboxylic acids is 1. The van der Waals surface area contributed by atoms with Crippen LogP contribution in [0.2, 0.25) is 0 Å². The summed E-state index contributed by atoms with van der Waals surface area (Å²) in [5.41, 5.74) is 1.67. The summed E-state index contributed by atoms with van der Waals surface area (Å²) in [5, 5.41) is 8.05. The van der Waals surface area contributed by atoms with E-state index in [2.05, 4.69) is 26.1 Å². The standard InChI is InChI=1S/C12H7BrN2O2/c13-12-9-3-1-2-8(11(9)14-15-12)10-5-4-7(6-16)17-10/h1-6H,(H,14,15). The zero-order valence-corrected chi connectivity index (χ0v) is 10.2. The van der Waals surface area contributed by atoms with Crippen LogP contribution in [0.3, 0.4) is 0 Å². The number of furan rings is 1. The zero-order chi connectivity index (χ0) is 11.8. The second kappa shape index (κ2) is 3.85. The average molecular weight is 291 g/mol. The van der Waals surface area contributed by atoms with Gasteiger partial charge in [-0.05, 0) is 40.2 Å². The second-order valence-corrected chi connectivity index (χ2v) is 4.35. The maximum Gasteiger partial charge on any atom is 0.185 e. The van der Waals surface area contributed by atoms with Gasteiger partial charge >= 0.3 is 0 Å². The predicted octanol–water partition coefficient (Wildman–Crippen LogP) is 3.40. The molecule has 17 heavy (non-hydrogen) atoms. The van der Waals surface area contributed by atoms with E-state index >= 15 is 0 Å². The molecule has 0 bridgehead atoms. The van der Waals surface area contributed by atoms with Crippen LogP contribution in [-0.2, 0) is 0 Å². The summed E-state index contributed by atoms with van der Waals surface area (Å²) in [6.45, 7) is 0. The molecule has 1 aromatic carbocycles. The molecule has 3 rings (SSSR count). The smallest absolute Gasteiger partial charge is 0.185 e. The lowest BCUT2D eigenvalue weighted by Gasteiger charge is -1.97. The van der Waals surface area contributed by atoms with Crippen molar-refractivity contribution in [3.63, 3.8) is 0 Å². The molecule has 0 aliphatic rings. The lowest BCUT2D eigenvalue weighted by molar-refractivity contribution is 0.110. The Morgan fingerprint density at radius 1 is 1.29 bits per heavy atom. The van der Waals surface area contributed by atoms with E-state index in [1.165, 1.54) is 0 Å². The molecule has 2 heterocycles. The SMILES string of the molecule is O=Cc1ccc(-c2cccc3c(Br)[nH]nc23)o1. The third-order valence-corrected chi connectivity index (χ3v) is 3.15. The highest BCUT2D eigenvalue weighted by Gasteiger charge is 2.11. The Hall–Kier alpha value is -1.88. The van der Waals surface area contributed by atoms with E-state index < -0.39 is 0 Å². The molecule has 0 fully saturated rings. The largest absolute Gasteiger partial charge is 0.453 e. The predicted molar refractivity (Wildman–Crippen MR) is 66.9 cm³/mol. The van der Waals surface area contributed by atoms with Crippen LogP contribution < -0.4 is 0 Å². The molecule has 0 amide bonds. The lowest BCUT2D eigenvalue weighted by Crippen LogP contribution is -1.77. The van der Waals surface area contributed by atoms with Crippen LogP contribution in [0.15, 0.2) is 39.4 Å². The van der Waals surface area contributed by atoms with Gasteiger partial charge in [-0.15, -0.1) is 0 Å². The molecule has 2 aromatic heterocycles. The normalized spacial score (nSPS) is 10.9. The number of aromatic nitrogens is 2. The number of fused-ring (bicyclic) bond motifs is 1. The van der Waals surface area contributed by atoms with E-state index in [4.69, 9.17) is 4.42 Å². The first kappa shape index (κ1) is 10.3. The van der Waals surface area contributed by atoms with Crippen LogP contribution in [0.25, 0.3) is 22.2 Å². The van der Waals surface area contributed by atoms with Gasteiger partial charge in [0.05, 0.1) is 0 Å². The van der Waals surface area contributed by atoms with Crippen molar-refractivity contribution in [1.82, 2.24) is 10.2 Å². The average Bonchev–Trinajstić information content (AvgIpc) is 2.96. The molecule has 0 aliphatic carbocycles. The van der Waals surface area contributed by atoms with Crippen molar-refractivity contribution in [3.8, 4) is 11.3 Å². The number of hydrogen-bond donors (Lipinski definition) is 1. The third-order valence-electron chi connectivity index (χ3n) is 2.55. The first-order valence-electron chi connectivity index (χ1n) is 4.97. The van der Waals surface area contributed by atoms with Crippen molar-refractivity contribution in [3.05, 3.63) is 40.7 Å². The van der Waals surface area contributed by atoms with Crippen LogP contribution in [0.5, 0.6) is 0 Å². The van der Waals surface area contributed by atoms with Gasteiger partial charge in [0.25, 0.3) is 0 Å². The van der Waals surface area contributed by atoms with Gasteiger partial charge < -0.3 is 4.42 Å². The summed E-state index contributed by atoms with van der Waals surface area (Å²) < 4.78 is 6.23. The molecule has 84 valence electrons. The number of carbonyl (C=O) groups is 1. The summed E-state index contributed by atoms with van der Waals surface area (Å²) in [6, 6.07) is 9.18. The van der Waals surface area contributed by atoms with E-state index in [9.17, 15) is 4.79 Å². The van der Waals surface area contributed by atoms with E-state index in [1.807, 2.05) is 18.2 Å². The van der Waals surface area contributed by atoms with Crippen LogP contribution in [0, 0.1) is 0 Å². The van der Waals surface area contributed by atoms with Crippen molar-refractivity contribution in [2.75, 3.05) is 0 Å². The summed E-state index contributed by atoms with van der Waals surface area (Å²) in [5.74, 6) is 0.948. The fourth-order valence-corrected chi connectivity index (χ4v) is 2.17. The number of nitrogens with one attached hydrogen (secondary N) is 1. The summed E-state index contributed by atoms with van der Waals surface area (Å²) in [6.07, 6.45) is 0.685. The fourth-order valence-electron chi connectivity index (χ4n) is 1.77. The molecule has 0 radical (unpaired) electrons. The Balaban J connectivity index is 2.26. The highest BCUT2D eigenvalue weighted by molar-refractivity contribution is 9.10. The zero-order valence-electron chi connectivity index (χ0n) is 8.61. The quantitative estimate of drug-likeness (QED) is 0.736. The Morgan fingerprint density at radius 2 is 2.18 bits per heavy atom. The van der Waals surface area contributed by atoms with Crippen LogP contribution in [-0.4, -0.2) is 16.5 Å². The maximum atomic E-state index is 10.6.